The Labute approximate surface area is 109 Å². The molecular formula is C13H14BrN3. The number of anilines is 1. The average molecular weight is 292 g/mol. The highest BCUT2D eigenvalue weighted by atomic mass is 79.9. The predicted octanol–water partition coefficient (Wildman–Crippen LogP) is 3.56. The lowest BCUT2D eigenvalue weighted by Crippen LogP contribution is -2.02. The standard InChI is InChI=1S/C13H14BrN3/c1-8-9(2)17-13(15-3)12(16-8)10-5-4-6-11(14)7-10/h4-7H,1-3H3,(H,15,17). The Balaban J connectivity index is 2.62. The maximum absolute atomic E-state index is 4.61. The van der Waals surface area contributed by atoms with Gasteiger partial charge >= 0.3 is 0 Å². The van der Waals surface area contributed by atoms with Crippen LogP contribution < -0.4 is 5.32 Å². The van der Waals surface area contributed by atoms with Gasteiger partial charge in [-0.2, -0.15) is 0 Å². The Hall–Kier alpha value is -1.42. The lowest BCUT2D eigenvalue weighted by atomic mass is 10.1. The summed E-state index contributed by atoms with van der Waals surface area (Å²) < 4.78 is 1.04. The van der Waals surface area contributed by atoms with Crippen molar-refractivity contribution in [3.8, 4) is 11.3 Å². The number of aryl methyl sites for hydroxylation is 2. The van der Waals surface area contributed by atoms with Crippen molar-refractivity contribution in [3.05, 3.63) is 40.1 Å². The molecule has 0 atom stereocenters. The summed E-state index contributed by atoms with van der Waals surface area (Å²) in [5, 5.41) is 3.09. The third-order valence-electron chi connectivity index (χ3n) is 2.64. The van der Waals surface area contributed by atoms with Gasteiger partial charge in [0.2, 0.25) is 0 Å². The summed E-state index contributed by atoms with van der Waals surface area (Å²) in [5.74, 6) is 0.811. The molecule has 0 unspecified atom stereocenters. The van der Waals surface area contributed by atoms with E-state index < -0.39 is 0 Å². The van der Waals surface area contributed by atoms with Crippen molar-refractivity contribution in [1.29, 1.82) is 0 Å². The van der Waals surface area contributed by atoms with Crippen LogP contribution in [0.5, 0.6) is 0 Å². The van der Waals surface area contributed by atoms with Crippen LogP contribution in [-0.4, -0.2) is 17.0 Å². The van der Waals surface area contributed by atoms with Gasteiger partial charge in [0.1, 0.15) is 5.69 Å². The highest BCUT2D eigenvalue weighted by Gasteiger charge is 2.10. The van der Waals surface area contributed by atoms with Crippen molar-refractivity contribution in [2.24, 2.45) is 0 Å². The summed E-state index contributed by atoms with van der Waals surface area (Å²) in [6, 6.07) is 8.07. The number of aromatic nitrogens is 2. The zero-order valence-electron chi connectivity index (χ0n) is 10.1. The first-order valence-corrected chi connectivity index (χ1v) is 6.20. The van der Waals surface area contributed by atoms with Gasteiger partial charge in [-0.3, -0.25) is 0 Å². The molecule has 0 amide bonds. The topological polar surface area (TPSA) is 37.8 Å². The molecule has 0 saturated carbocycles. The Morgan fingerprint density at radius 3 is 2.47 bits per heavy atom. The summed E-state index contributed by atoms with van der Waals surface area (Å²) in [6.45, 7) is 3.94. The first-order chi connectivity index (χ1) is 8.11. The molecule has 0 aliphatic heterocycles. The van der Waals surface area contributed by atoms with E-state index in [9.17, 15) is 0 Å². The Morgan fingerprint density at radius 1 is 1.12 bits per heavy atom. The van der Waals surface area contributed by atoms with Crippen molar-refractivity contribution in [1.82, 2.24) is 9.97 Å². The van der Waals surface area contributed by atoms with Crippen LogP contribution in [0, 0.1) is 13.8 Å². The fraction of sp³-hybridized carbons (Fsp3) is 0.231. The second-order valence-electron chi connectivity index (χ2n) is 3.85. The predicted molar refractivity (Wildman–Crippen MR) is 74.2 cm³/mol. The van der Waals surface area contributed by atoms with Gasteiger partial charge in [-0.25, -0.2) is 9.97 Å². The molecule has 2 rings (SSSR count). The molecule has 0 aliphatic rings. The molecule has 0 radical (unpaired) electrons. The van der Waals surface area contributed by atoms with E-state index in [1.165, 1.54) is 0 Å². The number of nitrogens with zero attached hydrogens (tertiary/aromatic N) is 2. The molecule has 2 aromatic rings. The normalized spacial score (nSPS) is 10.4. The van der Waals surface area contributed by atoms with Crippen molar-refractivity contribution in [2.75, 3.05) is 12.4 Å². The number of halogens is 1. The number of rotatable bonds is 2. The third-order valence-corrected chi connectivity index (χ3v) is 3.14. The molecule has 1 N–H and O–H groups in total. The van der Waals surface area contributed by atoms with E-state index in [4.69, 9.17) is 0 Å². The lowest BCUT2D eigenvalue weighted by molar-refractivity contribution is 1.05. The van der Waals surface area contributed by atoms with E-state index in [1.54, 1.807) is 0 Å². The first-order valence-electron chi connectivity index (χ1n) is 5.40. The van der Waals surface area contributed by atoms with Crippen LogP contribution >= 0.6 is 15.9 Å². The third kappa shape index (κ3) is 2.47. The van der Waals surface area contributed by atoms with Crippen LogP contribution in [0.25, 0.3) is 11.3 Å². The molecule has 17 heavy (non-hydrogen) atoms. The minimum Gasteiger partial charge on any atom is -0.371 e. The van der Waals surface area contributed by atoms with Crippen LogP contribution in [0.2, 0.25) is 0 Å². The number of hydrogen-bond acceptors (Lipinski definition) is 3. The Morgan fingerprint density at radius 2 is 1.82 bits per heavy atom. The average Bonchev–Trinajstić information content (AvgIpc) is 2.32. The van der Waals surface area contributed by atoms with E-state index >= 15 is 0 Å². The Bertz CT molecular complexity index is 552. The van der Waals surface area contributed by atoms with Gasteiger partial charge in [0, 0.05) is 17.1 Å². The fourth-order valence-corrected chi connectivity index (χ4v) is 2.01. The van der Waals surface area contributed by atoms with E-state index in [0.29, 0.717) is 0 Å². The summed E-state index contributed by atoms with van der Waals surface area (Å²) in [6.07, 6.45) is 0. The summed E-state index contributed by atoms with van der Waals surface area (Å²) >= 11 is 3.47. The molecule has 0 spiro atoms. The SMILES string of the molecule is CNc1nc(C)c(C)nc1-c1cccc(Br)c1. The van der Waals surface area contributed by atoms with Crippen LogP contribution in [0.4, 0.5) is 5.82 Å². The lowest BCUT2D eigenvalue weighted by Gasteiger charge is -2.10. The van der Waals surface area contributed by atoms with Crippen molar-refractivity contribution in [2.45, 2.75) is 13.8 Å². The van der Waals surface area contributed by atoms with Crippen LogP contribution in [0.15, 0.2) is 28.7 Å². The van der Waals surface area contributed by atoms with Crippen LogP contribution in [0.1, 0.15) is 11.4 Å². The molecule has 4 heteroatoms. The minimum absolute atomic E-state index is 0.811. The molecule has 3 nitrogen and oxygen atoms in total. The molecule has 1 heterocycles. The molecule has 88 valence electrons. The van der Waals surface area contributed by atoms with E-state index in [-0.39, 0.29) is 0 Å². The maximum atomic E-state index is 4.61. The van der Waals surface area contributed by atoms with Gasteiger partial charge in [0.25, 0.3) is 0 Å². The highest BCUT2D eigenvalue weighted by molar-refractivity contribution is 9.10. The largest absolute Gasteiger partial charge is 0.371 e. The van der Waals surface area contributed by atoms with Gasteiger partial charge in [-0.05, 0) is 26.0 Å². The van der Waals surface area contributed by atoms with E-state index in [2.05, 4.69) is 31.2 Å². The zero-order valence-corrected chi connectivity index (χ0v) is 11.7. The highest BCUT2D eigenvalue weighted by Crippen LogP contribution is 2.27. The minimum atomic E-state index is 0.811. The molecule has 0 saturated heterocycles. The van der Waals surface area contributed by atoms with Crippen molar-refractivity contribution in [3.63, 3.8) is 0 Å². The molecule has 0 fully saturated rings. The number of nitrogens with one attached hydrogen (secondary N) is 1. The first kappa shape index (κ1) is 12.0. The van der Waals surface area contributed by atoms with Gasteiger partial charge in [-0.1, -0.05) is 28.1 Å². The van der Waals surface area contributed by atoms with E-state index in [0.717, 1.165) is 32.9 Å². The summed E-state index contributed by atoms with van der Waals surface area (Å²) in [7, 11) is 1.86. The quantitative estimate of drug-likeness (QED) is 0.919. The summed E-state index contributed by atoms with van der Waals surface area (Å²) in [5.41, 5.74) is 3.85. The van der Waals surface area contributed by atoms with Gasteiger partial charge in [-0.15, -0.1) is 0 Å². The zero-order chi connectivity index (χ0) is 12.4. The van der Waals surface area contributed by atoms with Crippen molar-refractivity contribution >= 4 is 21.7 Å². The fourth-order valence-electron chi connectivity index (χ4n) is 1.61. The molecule has 1 aromatic heterocycles. The maximum Gasteiger partial charge on any atom is 0.152 e. The summed E-state index contributed by atoms with van der Waals surface area (Å²) in [4.78, 5) is 9.12. The molecular weight excluding hydrogens is 278 g/mol. The smallest absolute Gasteiger partial charge is 0.152 e. The van der Waals surface area contributed by atoms with Crippen LogP contribution in [-0.2, 0) is 0 Å². The molecule has 1 aromatic carbocycles. The molecule has 0 aliphatic carbocycles. The number of hydrogen-bond donors (Lipinski definition) is 1. The molecule has 0 bridgehead atoms. The second-order valence-corrected chi connectivity index (χ2v) is 4.77. The monoisotopic (exact) mass is 291 g/mol. The van der Waals surface area contributed by atoms with Gasteiger partial charge in [0.05, 0.1) is 11.4 Å². The number of benzene rings is 1. The van der Waals surface area contributed by atoms with E-state index in [1.807, 2.05) is 45.2 Å². The van der Waals surface area contributed by atoms with Crippen molar-refractivity contribution < 1.29 is 0 Å². The van der Waals surface area contributed by atoms with Crippen LogP contribution in [0.3, 0.4) is 0 Å². The van der Waals surface area contributed by atoms with Gasteiger partial charge in [0.15, 0.2) is 5.82 Å². The Kier molecular flexibility index (Phi) is 3.43. The van der Waals surface area contributed by atoms with Gasteiger partial charge < -0.3 is 5.32 Å². The second kappa shape index (κ2) is 4.84.